The molecule has 2 nitrogen and oxygen atoms in total. The van der Waals surface area contributed by atoms with Crippen LogP contribution in [0.4, 0.5) is 0 Å². The van der Waals surface area contributed by atoms with Gasteiger partial charge < -0.3 is 5.73 Å². The molecule has 0 radical (unpaired) electrons. The van der Waals surface area contributed by atoms with E-state index in [1.807, 2.05) is 19.2 Å². The zero-order chi connectivity index (χ0) is 10.6. The quantitative estimate of drug-likeness (QED) is 0.796. The molecule has 0 aliphatic carbocycles. The van der Waals surface area contributed by atoms with Gasteiger partial charge in [0.15, 0.2) is 0 Å². The molecule has 2 atom stereocenters. The highest BCUT2D eigenvalue weighted by Crippen LogP contribution is 2.24. The van der Waals surface area contributed by atoms with Crippen molar-refractivity contribution in [2.24, 2.45) is 11.7 Å². The summed E-state index contributed by atoms with van der Waals surface area (Å²) in [5, 5.41) is 0. The lowest BCUT2D eigenvalue weighted by Crippen LogP contribution is -2.20. The van der Waals surface area contributed by atoms with E-state index in [0.717, 1.165) is 5.69 Å². The lowest BCUT2D eigenvalue weighted by Gasteiger charge is -2.20. The average Bonchev–Trinajstić information content (AvgIpc) is 2.18. The van der Waals surface area contributed by atoms with Crippen molar-refractivity contribution in [1.82, 2.24) is 4.98 Å². The van der Waals surface area contributed by atoms with Gasteiger partial charge in [0.05, 0.1) is 0 Å². The summed E-state index contributed by atoms with van der Waals surface area (Å²) < 4.78 is 0. The molecule has 78 valence electrons. The molecule has 2 heteroatoms. The van der Waals surface area contributed by atoms with E-state index in [1.165, 1.54) is 18.4 Å². The van der Waals surface area contributed by atoms with E-state index in [4.69, 9.17) is 5.73 Å². The lowest BCUT2D eigenvalue weighted by molar-refractivity contribution is 0.431. The van der Waals surface area contributed by atoms with Crippen molar-refractivity contribution in [3.05, 3.63) is 29.6 Å². The smallest absolute Gasteiger partial charge is 0.0420 e. The molecule has 0 aliphatic rings. The Bertz CT molecular complexity index is 283. The second kappa shape index (κ2) is 5.11. The van der Waals surface area contributed by atoms with E-state index in [-0.39, 0.29) is 6.04 Å². The summed E-state index contributed by atoms with van der Waals surface area (Å²) in [6.07, 6.45) is 4.18. The molecule has 14 heavy (non-hydrogen) atoms. The van der Waals surface area contributed by atoms with Gasteiger partial charge in [0.1, 0.15) is 0 Å². The minimum absolute atomic E-state index is 0.128. The molecule has 1 rings (SSSR count). The summed E-state index contributed by atoms with van der Waals surface area (Å²) in [6, 6.07) is 4.17. The molecule has 2 N–H and O–H groups in total. The van der Waals surface area contributed by atoms with Gasteiger partial charge in [-0.15, -0.1) is 0 Å². The van der Waals surface area contributed by atoms with E-state index < -0.39 is 0 Å². The minimum Gasteiger partial charge on any atom is -0.324 e. The molecular weight excluding hydrogens is 172 g/mol. The fourth-order valence-corrected chi connectivity index (χ4v) is 1.79. The highest BCUT2D eigenvalue weighted by Gasteiger charge is 2.15. The van der Waals surface area contributed by atoms with E-state index in [2.05, 4.69) is 24.9 Å². The van der Waals surface area contributed by atoms with Crippen LogP contribution in [0.15, 0.2) is 18.3 Å². The first-order chi connectivity index (χ1) is 6.66. The maximum absolute atomic E-state index is 6.19. The Kier molecular flexibility index (Phi) is 4.08. The SMILES string of the molecule is CCCC(C)C(N)c1cccnc1C. The number of nitrogens with zero attached hydrogens (tertiary/aromatic N) is 1. The second-order valence-corrected chi connectivity index (χ2v) is 3.97. The van der Waals surface area contributed by atoms with E-state index in [1.54, 1.807) is 0 Å². The first kappa shape index (κ1) is 11.2. The second-order valence-electron chi connectivity index (χ2n) is 3.97. The first-order valence-electron chi connectivity index (χ1n) is 5.34. The van der Waals surface area contributed by atoms with Gasteiger partial charge in [-0.1, -0.05) is 26.3 Å². The van der Waals surface area contributed by atoms with Crippen LogP contribution < -0.4 is 5.73 Å². The number of aromatic nitrogens is 1. The molecule has 0 saturated heterocycles. The van der Waals surface area contributed by atoms with Gasteiger partial charge >= 0.3 is 0 Å². The van der Waals surface area contributed by atoms with Crippen LogP contribution in [-0.2, 0) is 0 Å². The minimum atomic E-state index is 0.128. The Morgan fingerprint density at radius 3 is 2.79 bits per heavy atom. The summed E-state index contributed by atoms with van der Waals surface area (Å²) in [7, 11) is 0. The van der Waals surface area contributed by atoms with Gasteiger partial charge in [0.2, 0.25) is 0 Å². The fourth-order valence-electron chi connectivity index (χ4n) is 1.79. The van der Waals surface area contributed by atoms with Gasteiger partial charge in [-0.25, -0.2) is 0 Å². The number of hydrogen-bond acceptors (Lipinski definition) is 2. The molecule has 0 amide bonds. The van der Waals surface area contributed by atoms with Crippen molar-refractivity contribution in [2.75, 3.05) is 0 Å². The Labute approximate surface area is 86.5 Å². The zero-order valence-corrected chi connectivity index (χ0v) is 9.33. The molecule has 1 aromatic rings. The van der Waals surface area contributed by atoms with Crippen LogP contribution in [0.1, 0.15) is 44.0 Å². The molecule has 0 fully saturated rings. The summed E-state index contributed by atoms with van der Waals surface area (Å²) in [5.41, 5.74) is 8.43. The van der Waals surface area contributed by atoms with Crippen molar-refractivity contribution in [3.8, 4) is 0 Å². The standard InChI is InChI=1S/C12H20N2/c1-4-6-9(2)12(13)11-7-5-8-14-10(11)3/h5,7-9,12H,4,6,13H2,1-3H3. The Morgan fingerprint density at radius 2 is 2.21 bits per heavy atom. The topological polar surface area (TPSA) is 38.9 Å². The molecule has 1 heterocycles. The van der Waals surface area contributed by atoms with E-state index in [9.17, 15) is 0 Å². The number of aryl methyl sites for hydroxylation is 1. The Balaban J connectivity index is 2.78. The van der Waals surface area contributed by atoms with Crippen LogP contribution in [0, 0.1) is 12.8 Å². The van der Waals surface area contributed by atoms with E-state index >= 15 is 0 Å². The monoisotopic (exact) mass is 192 g/mol. The molecule has 0 aliphatic heterocycles. The van der Waals surface area contributed by atoms with Gasteiger partial charge in [-0.2, -0.15) is 0 Å². The predicted molar refractivity (Wildman–Crippen MR) is 60.0 cm³/mol. The van der Waals surface area contributed by atoms with Crippen LogP contribution in [0.25, 0.3) is 0 Å². The molecular formula is C12H20N2. The largest absolute Gasteiger partial charge is 0.324 e. The lowest BCUT2D eigenvalue weighted by atomic mass is 9.91. The van der Waals surface area contributed by atoms with Gasteiger partial charge in [0.25, 0.3) is 0 Å². The maximum Gasteiger partial charge on any atom is 0.0420 e. The maximum atomic E-state index is 6.19. The van der Waals surface area contributed by atoms with Crippen LogP contribution in [0.5, 0.6) is 0 Å². The summed E-state index contributed by atoms with van der Waals surface area (Å²) >= 11 is 0. The third kappa shape index (κ3) is 2.55. The normalized spacial score (nSPS) is 15.1. The fraction of sp³-hybridized carbons (Fsp3) is 0.583. The van der Waals surface area contributed by atoms with Crippen LogP contribution in [0.3, 0.4) is 0 Å². The van der Waals surface area contributed by atoms with Crippen molar-refractivity contribution >= 4 is 0 Å². The Hall–Kier alpha value is -0.890. The van der Waals surface area contributed by atoms with Gasteiger partial charge in [-0.05, 0) is 30.9 Å². The zero-order valence-electron chi connectivity index (χ0n) is 9.33. The molecule has 0 bridgehead atoms. The van der Waals surface area contributed by atoms with Crippen molar-refractivity contribution < 1.29 is 0 Å². The average molecular weight is 192 g/mol. The number of nitrogens with two attached hydrogens (primary N) is 1. The molecule has 2 unspecified atom stereocenters. The molecule has 0 saturated carbocycles. The highest BCUT2D eigenvalue weighted by molar-refractivity contribution is 5.22. The predicted octanol–water partition coefficient (Wildman–Crippen LogP) is 2.83. The summed E-state index contributed by atoms with van der Waals surface area (Å²) in [6.45, 7) is 6.42. The Morgan fingerprint density at radius 1 is 1.50 bits per heavy atom. The van der Waals surface area contributed by atoms with Crippen molar-refractivity contribution in [1.29, 1.82) is 0 Å². The highest BCUT2D eigenvalue weighted by atomic mass is 14.7. The third-order valence-electron chi connectivity index (χ3n) is 2.76. The number of hydrogen-bond donors (Lipinski definition) is 1. The molecule has 0 aromatic carbocycles. The van der Waals surface area contributed by atoms with Crippen LogP contribution in [0.2, 0.25) is 0 Å². The van der Waals surface area contributed by atoms with Crippen molar-refractivity contribution in [3.63, 3.8) is 0 Å². The summed E-state index contributed by atoms with van der Waals surface area (Å²) in [5.74, 6) is 0.530. The van der Waals surface area contributed by atoms with Crippen molar-refractivity contribution in [2.45, 2.75) is 39.7 Å². The van der Waals surface area contributed by atoms with Gasteiger partial charge in [-0.3, -0.25) is 4.98 Å². The third-order valence-corrected chi connectivity index (χ3v) is 2.76. The molecule has 1 aromatic heterocycles. The number of pyridine rings is 1. The summed E-state index contributed by atoms with van der Waals surface area (Å²) in [4.78, 5) is 4.26. The van der Waals surface area contributed by atoms with Crippen LogP contribution >= 0.6 is 0 Å². The van der Waals surface area contributed by atoms with E-state index in [0.29, 0.717) is 5.92 Å². The van der Waals surface area contributed by atoms with Gasteiger partial charge in [0, 0.05) is 17.9 Å². The molecule has 0 spiro atoms. The van der Waals surface area contributed by atoms with Crippen LogP contribution in [-0.4, -0.2) is 4.98 Å². The number of rotatable bonds is 4. The first-order valence-corrected chi connectivity index (χ1v) is 5.34.